The average molecular weight is 443 g/mol. The van der Waals surface area contributed by atoms with Crippen molar-refractivity contribution in [2.75, 3.05) is 13.6 Å². The summed E-state index contributed by atoms with van der Waals surface area (Å²) in [7, 11) is 2.12. The van der Waals surface area contributed by atoms with E-state index < -0.39 is 0 Å². The lowest BCUT2D eigenvalue weighted by atomic mass is 9.52. The molecule has 0 aromatic heterocycles. The first kappa shape index (κ1) is 22.1. The van der Waals surface area contributed by atoms with Crippen molar-refractivity contribution in [3.05, 3.63) is 11.1 Å². The number of rotatable bonds is 1. The second-order valence-corrected chi connectivity index (χ2v) is 13.2. The van der Waals surface area contributed by atoms with Gasteiger partial charge in [0.1, 0.15) is 0 Å². The molecule has 4 nitrogen and oxygen atoms in total. The van der Waals surface area contributed by atoms with Gasteiger partial charge in [0.05, 0.1) is 23.5 Å². The van der Waals surface area contributed by atoms with Crippen LogP contribution in [-0.4, -0.2) is 42.2 Å². The molecule has 0 aromatic rings. The topological polar surface area (TPSA) is 53.5 Å². The Morgan fingerprint density at radius 2 is 1.97 bits per heavy atom. The molecule has 6 rings (SSSR count). The van der Waals surface area contributed by atoms with Crippen LogP contribution in [0, 0.1) is 35.0 Å². The molecule has 0 radical (unpaired) electrons. The van der Waals surface area contributed by atoms with E-state index in [1.54, 1.807) is 5.57 Å². The van der Waals surface area contributed by atoms with Crippen LogP contribution >= 0.6 is 0 Å². The summed E-state index contributed by atoms with van der Waals surface area (Å²) in [6.07, 6.45) is 13.6. The molecule has 2 saturated heterocycles. The van der Waals surface area contributed by atoms with Crippen LogP contribution in [0.3, 0.4) is 0 Å². The first-order chi connectivity index (χ1) is 15.3. The lowest BCUT2D eigenvalue weighted by molar-refractivity contribution is -0.0784. The minimum absolute atomic E-state index is 0.0116. The van der Waals surface area contributed by atoms with E-state index in [-0.39, 0.29) is 17.4 Å². The highest BCUT2D eigenvalue weighted by Gasteiger charge is 2.60. The Labute approximate surface area is 195 Å². The zero-order valence-electron chi connectivity index (χ0n) is 20.9. The maximum atomic E-state index is 10.3. The summed E-state index contributed by atoms with van der Waals surface area (Å²) < 4.78 is 7.04. The van der Waals surface area contributed by atoms with E-state index >= 15 is 0 Å². The molecule has 3 saturated carbocycles. The molecular formula is C28H46N2O2. The fourth-order valence-corrected chi connectivity index (χ4v) is 9.80. The molecule has 10 atom stereocenters. The largest absolute Gasteiger partial charge is 0.393 e. The van der Waals surface area contributed by atoms with Gasteiger partial charge < -0.3 is 15.2 Å². The van der Waals surface area contributed by atoms with Crippen LogP contribution in [0.25, 0.3) is 0 Å². The van der Waals surface area contributed by atoms with Gasteiger partial charge in [-0.15, -0.1) is 0 Å². The van der Waals surface area contributed by atoms with Gasteiger partial charge in [-0.3, -0.25) is 5.32 Å². The summed E-state index contributed by atoms with van der Waals surface area (Å²) in [5.41, 5.74) is 3.92. The smallest absolute Gasteiger partial charge is 0.0982 e. The molecule has 1 spiro atoms. The van der Waals surface area contributed by atoms with Crippen molar-refractivity contribution >= 4 is 0 Å². The van der Waals surface area contributed by atoms with Crippen molar-refractivity contribution in [3.8, 4) is 0 Å². The molecule has 32 heavy (non-hydrogen) atoms. The lowest BCUT2D eigenvalue weighted by Gasteiger charge is -2.53. The number of likely N-dealkylation sites (N-methyl/N-ethyl adjacent to an activating group) is 1. The highest BCUT2D eigenvalue weighted by Crippen LogP contribution is 2.65. The summed E-state index contributed by atoms with van der Waals surface area (Å²) >= 11 is 0. The third-order valence-corrected chi connectivity index (χ3v) is 11.5. The predicted molar refractivity (Wildman–Crippen MR) is 128 cm³/mol. The number of hydrogen-bond donors (Lipinski definition) is 3. The molecule has 0 bridgehead atoms. The highest BCUT2D eigenvalue weighted by molar-refractivity contribution is 5.29. The second-order valence-electron chi connectivity index (χ2n) is 13.2. The molecule has 3 N–H and O–H groups in total. The van der Waals surface area contributed by atoms with E-state index in [1.807, 2.05) is 5.57 Å². The quantitative estimate of drug-likeness (QED) is 0.512. The van der Waals surface area contributed by atoms with Crippen molar-refractivity contribution < 1.29 is 9.84 Å². The van der Waals surface area contributed by atoms with Crippen molar-refractivity contribution in [3.63, 3.8) is 0 Å². The molecule has 4 heteroatoms. The number of ether oxygens (including phenoxy) is 1. The van der Waals surface area contributed by atoms with E-state index in [1.165, 1.54) is 44.9 Å². The van der Waals surface area contributed by atoms with Gasteiger partial charge in [-0.05, 0) is 120 Å². The van der Waals surface area contributed by atoms with Crippen molar-refractivity contribution in [2.45, 2.75) is 115 Å². The second kappa shape index (κ2) is 7.54. The summed E-state index contributed by atoms with van der Waals surface area (Å²) in [4.78, 5) is 0. The number of fused-ring (bicyclic) bond motifs is 6. The monoisotopic (exact) mass is 442 g/mol. The Morgan fingerprint density at radius 1 is 1.12 bits per heavy atom. The molecule has 4 aliphatic carbocycles. The zero-order valence-corrected chi connectivity index (χ0v) is 20.9. The number of nitrogens with one attached hydrogen (secondary N) is 2. The van der Waals surface area contributed by atoms with Crippen molar-refractivity contribution in [1.29, 1.82) is 0 Å². The van der Waals surface area contributed by atoms with E-state index in [0.29, 0.717) is 17.4 Å². The fraction of sp³-hybridized carbons (Fsp3) is 0.929. The number of aliphatic hydroxyl groups is 1. The Balaban J connectivity index is 1.27. The first-order valence-corrected chi connectivity index (χ1v) is 13.8. The van der Waals surface area contributed by atoms with Gasteiger partial charge in [-0.2, -0.15) is 0 Å². The third kappa shape index (κ3) is 3.15. The molecule has 2 aliphatic heterocycles. The summed E-state index contributed by atoms with van der Waals surface area (Å²) in [6.45, 7) is 8.49. The Kier molecular flexibility index (Phi) is 5.20. The molecule has 0 aromatic carbocycles. The van der Waals surface area contributed by atoms with Gasteiger partial charge in [-0.25, -0.2) is 0 Å². The number of allylic oxidation sites excluding steroid dienone is 1. The van der Waals surface area contributed by atoms with Crippen LogP contribution in [0.15, 0.2) is 11.1 Å². The molecule has 6 aliphatic rings. The van der Waals surface area contributed by atoms with Gasteiger partial charge >= 0.3 is 0 Å². The number of aliphatic hydroxyl groups excluding tert-OH is 1. The van der Waals surface area contributed by atoms with Crippen LogP contribution in [0.1, 0.15) is 91.4 Å². The van der Waals surface area contributed by atoms with Crippen molar-refractivity contribution in [1.82, 2.24) is 10.6 Å². The Bertz CT molecular complexity index is 796. The normalized spacial score (nSPS) is 55.2. The Hall–Kier alpha value is -0.420. The van der Waals surface area contributed by atoms with E-state index in [9.17, 15) is 5.11 Å². The van der Waals surface area contributed by atoms with Crippen LogP contribution in [-0.2, 0) is 4.74 Å². The molecule has 10 unspecified atom stereocenters. The van der Waals surface area contributed by atoms with Gasteiger partial charge in [-0.1, -0.05) is 25.0 Å². The number of piperidine rings is 1. The van der Waals surface area contributed by atoms with E-state index in [4.69, 9.17) is 4.74 Å². The number of hydrogen-bond acceptors (Lipinski definition) is 4. The SMILES string of the molecule is CNC12CC3(CCC4C(=C(C)C3)CC3C4CCC4CC(O)CCC43C)OC1CC(C)CN2. The minimum Gasteiger partial charge on any atom is -0.393 e. The zero-order chi connectivity index (χ0) is 22.3. The molecule has 180 valence electrons. The van der Waals surface area contributed by atoms with Gasteiger partial charge in [0.2, 0.25) is 0 Å². The summed E-state index contributed by atoms with van der Waals surface area (Å²) in [6, 6.07) is 0. The van der Waals surface area contributed by atoms with Crippen LogP contribution in [0.5, 0.6) is 0 Å². The summed E-state index contributed by atoms with van der Waals surface area (Å²) in [5, 5.41) is 17.9. The molecule has 0 amide bonds. The fourth-order valence-electron chi connectivity index (χ4n) is 9.80. The average Bonchev–Trinajstić information content (AvgIpc) is 3.25. The maximum Gasteiger partial charge on any atom is 0.0982 e. The predicted octanol–water partition coefficient (Wildman–Crippen LogP) is 4.77. The summed E-state index contributed by atoms with van der Waals surface area (Å²) in [5.74, 6) is 3.93. The van der Waals surface area contributed by atoms with E-state index in [0.717, 1.165) is 55.9 Å². The van der Waals surface area contributed by atoms with Crippen LogP contribution < -0.4 is 10.6 Å². The molecule has 5 fully saturated rings. The third-order valence-electron chi connectivity index (χ3n) is 11.5. The minimum atomic E-state index is -0.0452. The molecular weight excluding hydrogens is 396 g/mol. The van der Waals surface area contributed by atoms with Crippen molar-refractivity contribution in [2.24, 2.45) is 35.0 Å². The molecule has 2 heterocycles. The van der Waals surface area contributed by atoms with Gasteiger partial charge in [0.15, 0.2) is 0 Å². The first-order valence-electron chi connectivity index (χ1n) is 13.8. The maximum absolute atomic E-state index is 10.3. The lowest BCUT2D eigenvalue weighted by Crippen LogP contribution is -2.65. The highest BCUT2D eigenvalue weighted by atomic mass is 16.5. The van der Waals surface area contributed by atoms with Crippen LogP contribution in [0.2, 0.25) is 0 Å². The standard InChI is InChI=1S/C28H46N2O2/c1-17-11-25-28(29-4,30-15-17)16-27(32-25)10-8-21-22-6-5-19-12-20(31)7-9-26(19,3)24(22)13-23(21)18(2)14-27/h17,19-22,24-25,29-31H,5-16H2,1-4H3. The van der Waals surface area contributed by atoms with Gasteiger partial charge in [0.25, 0.3) is 0 Å². The Morgan fingerprint density at radius 3 is 2.78 bits per heavy atom. The van der Waals surface area contributed by atoms with Gasteiger partial charge in [0, 0.05) is 6.42 Å². The van der Waals surface area contributed by atoms with Crippen LogP contribution in [0.4, 0.5) is 0 Å². The van der Waals surface area contributed by atoms with E-state index in [2.05, 4.69) is 38.5 Å².